The van der Waals surface area contributed by atoms with Gasteiger partial charge in [-0.05, 0) is 51.4 Å². The third kappa shape index (κ3) is 2.40. The van der Waals surface area contributed by atoms with E-state index in [0.29, 0.717) is 24.9 Å². The molecule has 0 aromatic rings. The minimum Gasteiger partial charge on any atom is -0.480 e. The van der Waals surface area contributed by atoms with Crippen LogP contribution >= 0.6 is 0 Å². The van der Waals surface area contributed by atoms with Crippen LogP contribution in [0.4, 0.5) is 4.79 Å². The van der Waals surface area contributed by atoms with Gasteiger partial charge in [-0.15, -0.1) is 0 Å². The molecule has 3 rings (SSSR count). The third-order valence-electron chi connectivity index (χ3n) is 5.82. The van der Waals surface area contributed by atoms with Crippen LogP contribution in [0.25, 0.3) is 0 Å². The second kappa shape index (κ2) is 5.50. The maximum atomic E-state index is 12.9. The van der Waals surface area contributed by atoms with Crippen molar-refractivity contribution in [3.05, 3.63) is 0 Å². The Morgan fingerprint density at radius 1 is 1.05 bits per heavy atom. The van der Waals surface area contributed by atoms with Crippen molar-refractivity contribution < 1.29 is 14.7 Å². The summed E-state index contributed by atoms with van der Waals surface area (Å²) in [5.74, 6) is -0.236. The van der Waals surface area contributed by atoms with Crippen molar-refractivity contribution in [3.63, 3.8) is 0 Å². The van der Waals surface area contributed by atoms with Crippen LogP contribution in [-0.4, -0.2) is 51.6 Å². The highest BCUT2D eigenvalue weighted by Crippen LogP contribution is 2.38. The first-order chi connectivity index (χ1) is 10.0. The fourth-order valence-corrected chi connectivity index (χ4v) is 4.51. The van der Waals surface area contributed by atoms with Crippen LogP contribution < -0.4 is 0 Å². The number of amides is 2. The number of urea groups is 1. The van der Waals surface area contributed by atoms with Crippen LogP contribution in [0.15, 0.2) is 0 Å². The Kier molecular flexibility index (Phi) is 3.84. The largest absolute Gasteiger partial charge is 0.480 e. The molecule has 1 N–H and O–H groups in total. The van der Waals surface area contributed by atoms with Crippen molar-refractivity contribution in [2.24, 2.45) is 5.92 Å². The molecule has 5 heteroatoms. The highest BCUT2D eigenvalue weighted by atomic mass is 16.4. The molecule has 5 nitrogen and oxygen atoms in total. The maximum absolute atomic E-state index is 12.9. The number of carbonyl (C=O) groups excluding carboxylic acids is 1. The van der Waals surface area contributed by atoms with Crippen LogP contribution in [0, 0.1) is 5.92 Å². The molecule has 0 aromatic carbocycles. The Labute approximate surface area is 126 Å². The molecular formula is C16H26N2O3. The molecule has 3 aliphatic rings. The van der Waals surface area contributed by atoms with Crippen molar-refractivity contribution in [2.75, 3.05) is 13.1 Å². The monoisotopic (exact) mass is 294 g/mol. The van der Waals surface area contributed by atoms with E-state index >= 15 is 0 Å². The van der Waals surface area contributed by atoms with E-state index < -0.39 is 11.5 Å². The van der Waals surface area contributed by atoms with Gasteiger partial charge < -0.3 is 14.9 Å². The van der Waals surface area contributed by atoms with Gasteiger partial charge in [-0.1, -0.05) is 12.8 Å². The second-order valence-corrected chi connectivity index (χ2v) is 7.06. The molecule has 2 aliphatic heterocycles. The molecule has 0 aromatic heterocycles. The van der Waals surface area contributed by atoms with Crippen LogP contribution in [0.2, 0.25) is 0 Å². The molecule has 0 radical (unpaired) electrons. The smallest absolute Gasteiger partial charge is 0.329 e. The lowest BCUT2D eigenvalue weighted by Gasteiger charge is -2.38. The van der Waals surface area contributed by atoms with E-state index in [4.69, 9.17) is 0 Å². The van der Waals surface area contributed by atoms with Crippen molar-refractivity contribution in [2.45, 2.75) is 69.9 Å². The lowest BCUT2D eigenvalue weighted by molar-refractivity contribution is -0.147. The number of carboxylic acids is 1. The van der Waals surface area contributed by atoms with Gasteiger partial charge in [0.1, 0.15) is 5.54 Å². The van der Waals surface area contributed by atoms with E-state index in [1.54, 1.807) is 11.8 Å². The van der Waals surface area contributed by atoms with Crippen LogP contribution in [0.5, 0.6) is 0 Å². The molecule has 2 amide bonds. The van der Waals surface area contributed by atoms with E-state index in [1.165, 1.54) is 25.7 Å². The fourth-order valence-electron chi connectivity index (χ4n) is 4.51. The highest BCUT2D eigenvalue weighted by Gasteiger charge is 2.49. The highest BCUT2D eigenvalue weighted by molar-refractivity contribution is 5.87. The van der Waals surface area contributed by atoms with Crippen molar-refractivity contribution in [3.8, 4) is 0 Å². The number of likely N-dealkylation sites (tertiary alicyclic amines) is 2. The molecule has 1 saturated carbocycles. The Bertz CT molecular complexity index is 433. The molecule has 21 heavy (non-hydrogen) atoms. The molecule has 2 heterocycles. The summed E-state index contributed by atoms with van der Waals surface area (Å²) in [7, 11) is 0. The van der Waals surface area contributed by atoms with Gasteiger partial charge in [0.2, 0.25) is 0 Å². The molecular weight excluding hydrogens is 268 g/mol. The van der Waals surface area contributed by atoms with Gasteiger partial charge in [0.25, 0.3) is 0 Å². The zero-order chi connectivity index (χ0) is 15.0. The van der Waals surface area contributed by atoms with Gasteiger partial charge >= 0.3 is 12.0 Å². The summed E-state index contributed by atoms with van der Waals surface area (Å²) in [6.45, 7) is 3.07. The Morgan fingerprint density at radius 2 is 1.76 bits per heavy atom. The summed E-state index contributed by atoms with van der Waals surface area (Å²) >= 11 is 0. The molecule has 0 bridgehead atoms. The zero-order valence-corrected chi connectivity index (χ0v) is 12.9. The summed E-state index contributed by atoms with van der Waals surface area (Å²) in [5.41, 5.74) is -1.01. The van der Waals surface area contributed by atoms with Gasteiger partial charge in [-0.3, -0.25) is 0 Å². The summed E-state index contributed by atoms with van der Waals surface area (Å²) in [6, 6.07) is 0.311. The number of hydrogen-bond acceptors (Lipinski definition) is 2. The molecule has 118 valence electrons. The Morgan fingerprint density at radius 3 is 2.43 bits per heavy atom. The van der Waals surface area contributed by atoms with Gasteiger partial charge in [0.15, 0.2) is 0 Å². The number of aliphatic carboxylic acids is 1. The van der Waals surface area contributed by atoms with Crippen molar-refractivity contribution >= 4 is 12.0 Å². The van der Waals surface area contributed by atoms with Crippen molar-refractivity contribution in [1.29, 1.82) is 0 Å². The van der Waals surface area contributed by atoms with Crippen LogP contribution in [0.3, 0.4) is 0 Å². The van der Waals surface area contributed by atoms with E-state index in [-0.39, 0.29) is 6.03 Å². The summed E-state index contributed by atoms with van der Waals surface area (Å²) < 4.78 is 0. The number of hydrogen-bond donors (Lipinski definition) is 1. The second-order valence-electron chi connectivity index (χ2n) is 7.06. The number of carboxylic acid groups (broad SMARTS) is 1. The molecule has 2 unspecified atom stereocenters. The van der Waals surface area contributed by atoms with Crippen LogP contribution in [0.1, 0.15) is 58.3 Å². The SMILES string of the molecule is CC1(C(=O)O)CCCN1C(=O)N1CCCC1C1CCCC1. The molecule has 0 spiro atoms. The molecule has 1 aliphatic carbocycles. The van der Waals surface area contributed by atoms with E-state index in [0.717, 1.165) is 25.8 Å². The lowest BCUT2D eigenvalue weighted by Crippen LogP contribution is -2.56. The molecule has 2 atom stereocenters. The topological polar surface area (TPSA) is 60.9 Å². The average Bonchev–Trinajstić information content (AvgIpc) is 3.18. The maximum Gasteiger partial charge on any atom is 0.329 e. The normalized spacial score (nSPS) is 33.9. The number of rotatable bonds is 2. The van der Waals surface area contributed by atoms with E-state index in [1.807, 2.05) is 4.90 Å². The summed E-state index contributed by atoms with van der Waals surface area (Å²) in [4.78, 5) is 28.1. The Balaban J connectivity index is 1.76. The number of carbonyl (C=O) groups is 2. The lowest BCUT2D eigenvalue weighted by atomic mass is 9.96. The minimum absolute atomic E-state index is 0.0354. The van der Waals surface area contributed by atoms with Crippen LogP contribution in [-0.2, 0) is 4.79 Å². The zero-order valence-electron chi connectivity index (χ0n) is 12.9. The quantitative estimate of drug-likeness (QED) is 0.851. The van der Waals surface area contributed by atoms with Crippen molar-refractivity contribution in [1.82, 2.24) is 9.80 Å². The fraction of sp³-hybridized carbons (Fsp3) is 0.875. The third-order valence-corrected chi connectivity index (χ3v) is 5.82. The summed E-state index contributed by atoms with van der Waals surface area (Å²) in [6.07, 6.45) is 8.51. The predicted octanol–water partition coefficient (Wildman–Crippen LogP) is 2.70. The van der Waals surface area contributed by atoms with E-state index in [2.05, 4.69) is 0 Å². The van der Waals surface area contributed by atoms with E-state index in [9.17, 15) is 14.7 Å². The van der Waals surface area contributed by atoms with Gasteiger partial charge in [0.05, 0.1) is 0 Å². The Hall–Kier alpha value is -1.26. The standard InChI is InChI=1S/C16H26N2O3/c1-16(14(19)20)9-5-11-18(16)15(21)17-10-4-8-13(17)12-6-2-3-7-12/h12-13H,2-11H2,1H3,(H,19,20). The van der Waals surface area contributed by atoms with Gasteiger partial charge in [0, 0.05) is 19.1 Å². The molecule has 3 fully saturated rings. The summed E-state index contributed by atoms with van der Waals surface area (Å²) in [5, 5.41) is 9.50. The average molecular weight is 294 g/mol. The van der Waals surface area contributed by atoms with Gasteiger partial charge in [-0.25, -0.2) is 9.59 Å². The predicted molar refractivity (Wildman–Crippen MR) is 79.1 cm³/mol. The molecule has 2 saturated heterocycles. The van der Waals surface area contributed by atoms with Gasteiger partial charge in [-0.2, -0.15) is 0 Å². The minimum atomic E-state index is -1.01. The first kappa shape index (κ1) is 14.7. The first-order valence-electron chi connectivity index (χ1n) is 8.35. The number of nitrogens with zero attached hydrogens (tertiary/aromatic N) is 2. The first-order valence-corrected chi connectivity index (χ1v) is 8.35.